The standard InChI is InChI=1S/C16H15BrCl2N2O3S/c1-20-16(22)11-5-3-10(4-6-11)9-21(2)25(23,24)15-13(18)7-12(17)8-14(15)19/h3-8H,9H2,1-2H3,(H,20,22). The lowest BCUT2D eigenvalue weighted by atomic mass is 10.1. The summed E-state index contributed by atoms with van der Waals surface area (Å²) in [5, 5.41) is 2.61. The van der Waals surface area contributed by atoms with E-state index in [1.165, 1.54) is 19.2 Å². The van der Waals surface area contributed by atoms with E-state index in [1.54, 1.807) is 31.3 Å². The molecule has 0 spiro atoms. The number of rotatable bonds is 5. The molecule has 2 rings (SSSR count). The Kier molecular flexibility index (Phi) is 6.51. The maximum absolute atomic E-state index is 12.8. The van der Waals surface area contributed by atoms with Crippen molar-refractivity contribution in [3.8, 4) is 0 Å². The van der Waals surface area contributed by atoms with Crippen LogP contribution >= 0.6 is 39.1 Å². The molecule has 0 atom stereocenters. The number of hydrogen-bond donors (Lipinski definition) is 1. The fourth-order valence-corrected chi connectivity index (χ4v) is 5.21. The Hall–Kier alpha value is -1.12. The second-order valence-corrected chi connectivity index (χ2v) is 8.95. The predicted octanol–water partition coefficient (Wildman–Crippen LogP) is 3.94. The fraction of sp³-hybridized carbons (Fsp3) is 0.188. The molecule has 1 N–H and O–H groups in total. The Bertz CT molecular complexity index is 879. The molecule has 2 aromatic rings. The second-order valence-electron chi connectivity index (χ2n) is 5.24. The molecule has 0 bridgehead atoms. The van der Waals surface area contributed by atoms with E-state index in [4.69, 9.17) is 23.2 Å². The summed E-state index contributed by atoms with van der Waals surface area (Å²) >= 11 is 15.4. The monoisotopic (exact) mass is 464 g/mol. The summed E-state index contributed by atoms with van der Waals surface area (Å²) in [4.78, 5) is 11.4. The molecule has 2 aromatic carbocycles. The average Bonchev–Trinajstić information content (AvgIpc) is 2.53. The number of amides is 1. The highest BCUT2D eigenvalue weighted by Crippen LogP contribution is 2.34. The summed E-state index contributed by atoms with van der Waals surface area (Å²) in [6.07, 6.45) is 0. The molecular formula is C16H15BrCl2N2O3S. The number of hydrogen-bond acceptors (Lipinski definition) is 3. The van der Waals surface area contributed by atoms with Crippen LogP contribution in [0.2, 0.25) is 10.0 Å². The van der Waals surface area contributed by atoms with Gasteiger partial charge in [-0.25, -0.2) is 8.42 Å². The smallest absolute Gasteiger partial charge is 0.251 e. The predicted molar refractivity (Wildman–Crippen MR) is 103 cm³/mol. The van der Waals surface area contributed by atoms with Crippen molar-refractivity contribution in [2.75, 3.05) is 14.1 Å². The van der Waals surface area contributed by atoms with E-state index in [0.717, 1.165) is 9.87 Å². The molecule has 0 fully saturated rings. The van der Waals surface area contributed by atoms with Crippen molar-refractivity contribution in [2.24, 2.45) is 0 Å². The minimum atomic E-state index is -3.88. The quantitative estimate of drug-likeness (QED) is 0.727. The van der Waals surface area contributed by atoms with E-state index < -0.39 is 10.0 Å². The molecule has 9 heteroatoms. The molecule has 0 aliphatic heterocycles. The van der Waals surface area contributed by atoms with Crippen LogP contribution in [-0.2, 0) is 16.6 Å². The first kappa shape index (κ1) is 20.2. The van der Waals surface area contributed by atoms with Crippen molar-refractivity contribution in [1.29, 1.82) is 0 Å². The second kappa shape index (κ2) is 8.05. The zero-order valence-corrected chi connectivity index (χ0v) is 17.3. The molecule has 0 aromatic heterocycles. The number of halogens is 3. The lowest BCUT2D eigenvalue weighted by Crippen LogP contribution is -2.27. The molecule has 0 aliphatic rings. The molecular weight excluding hydrogens is 451 g/mol. The Morgan fingerprint density at radius 3 is 2.16 bits per heavy atom. The Morgan fingerprint density at radius 2 is 1.68 bits per heavy atom. The third kappa shape index (κ3) is 4.54. The van der Waals surface area contributed by atoms with Gasteiger partial charge in [0, 0.05) is 30.7 Å². The van der Waals surface area contributed by atoms with Gasteiger partial charge >= 0.3 is 0 Å². The maximum Gasteiger partial charge on any atom is 0.251 e. The number of sulfonamides is 1. The first-order valence-electron chi connectivity index (χ1n) is 7.08. The SMILES string of the molecule is CNC(=O)c1ccc(CN(C)S(=O)(=O)c2c(Cl)cc(Br)cc2Cl)cc1. The normalized spacial score (nSPS) is 11.6. The first-order chi connectivity index (χ1) is 11.7. The van der Waals surface area contributed by atoms with Crippen LogP contribution in [-0.4, -0.2) is 32.7 Å². The third-order valence-electron chi connectivity index (χ3n) is 3.48. The van der Waals surface area contributed by atoms with Gasteiger partial charge in [0.25, 0.3) is 5.91 Å². The van der Waals surface area contributed by atoms with Gasteiger partial charge in [0.2, 0.25) is 10.0 Å². The van der Waals surface area contributed by atoms with Gasteiger partial charge in [-0.05, 0) is 29.8 Å². The van der Waals surface area contributed by atoms with Gasteiger partial charge < -0.3 is 5.32 Å². The van der Waals surface area contributed by atoms with Gasteiger partial charge in [0.1, 0.15) is 4.90 Å². The lowest BCUT2D eigenvalue weighted by Gasteiger charge is -2.19. The van der Waals surface area contributed by atoms with Crippen LogP contribution in [0.25, 0.3) is 0 Å². The molecule has 0 heterocycles. The molecule has 1 amide bonds. The maximum atomic E-state index is 12.8. The van der Waals surface area contributed by atoms with E-state index in [1.807, 2.05) is 0 Å². The molecule has 0 radical (unpaired) electrons. The number of carbonyl (C=O) groups excluding carboxylic acids is 1. The summed E-state index contributed by atoms with van der Waals surface area (Å²) in [6, 6.07) is 9.61. The minimum absolute atomic E-state index is 0.0428. The minimum Gasteiger partial charge on any atom is -0.355 e. The van der Waals surface area contributed by atoms with Gasteiger partial charge in [-0.1, -0.05) is 51.3 Å². The largest absolute Gasteiger partial charge is 0.355 e. The molecule has 134 valence electrons. The highest BCUT2D eigenvalue weighted by Gasteiger charge is 2.27. The van der Waals surface area contributed by atoms with Crippen molar-refractivity contribution in [3.05, 3.63) is 62.0 Å². The average molecular weight is 466 g/mol. The zero-order chi connectivity index (χ0) is 18.8. The van der Waals surface area contributed by atoms with E-state index in [2.05, 4.69) is 21.2 Å². The van der Waals surface area contributed by atoms with Crippen LogP contribution in [0.4, 0.5) is 0 Å². The van der Waals surface area contributed by atoms with Gasteiger partial charge in [-0.3, -0.25) is 4.79 Å². The summed E-state index contributed by atoms with van der Waals surface area (Å²) in [6.45, 7) is 0.110. The third-order valence-corrected chi connectivity index (χ3v) is 6.66. The molecule has 0 unspecified atom stereocenters. The highest BCUT2D eigenvalue weighted by molar-refractivity contribution is 9.10. The topological polar surface area (TPSA) is 66.5 Å². The van der Waals surface area contributed by atoms with Crippen molar-refractivity contribution in [1.82, 2.24) is 9.62 Å². The van der Waals surface area contributed by atoms with E-state index in [9.17, 15) is 13.2 Å². The number of benzene rings is 2. The fourth-order valence-electron chi connectivity index (χ4n) is 2.18. The van der Waals surface area contributed by atoms with Crippen LogP contribution in [0.5, 0.6) is 0 Å². The first-order valence-corrected chi connectivity index (χ1v) is 10.1. The summed E-state index contributed by atoms with van der Waals surface area (Å²) in [7, 11) is -0.892. The van der Waals surface area contributed by atoms with E-state index in [0.29, 0.717) is 10.0 Å². The summed E-state index contributed by atoms with van der Waals surface area (Å²) in [5.41, 5.74) is 1.22. The van der Waals surface area contributed by atoms with Crippen molar-refractivity contribution < 1.29 is 13.2 Å². The van der Waals surface area contributed by atoms with Crippen LogP contribution in [0.15, 0.2) is 45.8 Å². The Morgan fingerprint density at radius 1 is 1.16 bits per heavy atom. The molecule has 0 saturated carbocycles. The number of carbonyl (C=O) groups is 1. The van der Waals surface area contributed by atoms with E-state index in [-0.39, 0.29) is 27.4 Å². The summed E-state index contributed by atoms with van der Waals surface area (Å²) in [5.74, 6) is -0.207. The zero-order valence-electron chi connectivity index (χ0n) is 13.4. The van der Waals surface area contributed by atoms with Gasteiger partial charge in [0.15, 0.2) is 0 Å². The number of nitrogens with one attached hydrogen (secondary N) is 1. The van der Waals surface area contributed by atoms with Gasteiger partial charge in [-0.15, -0.1) is 0 Å². The Balaban J connectivity index is 2.28. The van der Waals surface area contributed by atoms with Gasteiger partial charge in [0.05, 0.1) is 10.0 Å². The number of nitrogens with zero attached hydrogens (tertiary/aromatic N) is 1. The van der Waals surface area contributed by atoms with Crippen LogP contribution in [0.1, 0.15) is 15.9 Å². The highest BCUT2D eigenvalue weighted by atomic mass is 79.9. The summed E-state index contributed by atoms with van der Waals surface area (Å²) < 4.78 is 27.3. The van der Waals surface area contributed by atoms with Gasteiger partial charge in [-0.2, -0.15) is 4.31 Å². The lowest BCUT2D eigenvalue weighted by molar-refractivity contribution is 0.0963. The van der Waals surface area contributed by atoms with Crippen LogP contribution in [0.3, 0.4) is 0 Å². The molecule has 0 saturated heterocycles. The molecule has 5 nitrogen and oxygen atoms in total. The van der Waals surface area contributed by atoms with Crippen molar-refractivity contribution >= 4 is 55.1 Å². The van der Waals surface area contributed by atoms with Crippen molar-refractivity contribution in [3.63, 3.8) is 0 Å². The van der Waals surface area contributed by atoms with Crippen LogP contribution in [0, 0.1) is 0 Å². The van der Waals surface area contributed by atoms with Crippen molar-refractivity contribution in [2.45, 2.75) is 11.4 Å². The Labute approximate surface area is 165 Å². The van der Waals surface area contributed by atoms with Crippen LogP contribution < -0.4 is 5.32 Å². The molecule has 0 aliphatic carbocycles. The molecule has 25 heavy (non-hydrogen) atoms. The van der Waals surface area contributed by atoms with E-state index >= 15 is 0 Å².